The Labute approximate surface area is 141 Å². The average molecular weight is 358 g/mol. The van der Waals surface area contributed by atoms with Crippen molar-refractivity contribution < 1.29 is 17.9 Å². The molecule has 8 heteroatoms. The van der Waals surface area contributed by atoms with Crippen LogP contribution >= 0.6 is 11.3 Å². The van der Waals surface area contributed by atoms with Gasteiger partial charge in [0.15, 0.2) is 0 Å². The fourth-order valence-electron chi connectivity index (χ4n) is 3.13. The van der Waals surface area contributed by atoms with E-state index in [1.54, 1.807) is 11.0 Å². The van der Waals surface area contributed by atoms with Gasteiger partial charge in [0.25, 0.3) is 5.91 Å². The van der Waals surface area contributed by atoms with E-state index < -0.39 is 10.0 Å². The Morgan fingerprint density at radius 3 is 2.48 bits per heavy atom. The van der Waals surface area contributed by atoms with E-state index in [-0.39, 0.29) is 12.0 Å². The monoisotopic (exact) mass is 358 g/mol. The summed E-state index contributed by atoms with van der Waals surface area (Å²) in [6, 6.07) is 1.74. The highest BCUT2D eigenvalue weighted by Crippen LogP contribution is 2.28. The average Bonchev–Trinajstić information content (AvgIpc) is 3.16. The molecular formula is C15H22N2O4S2. The van der Waals surface area contributed by atoms with Crippen LogP contribution in [0.3, 0.4) is 0 Å². The molecule has 23 heavy (non-hydrogen) atoms. The van der Waals surface area contributed by atoms with Crippen molar-refractivity contribution in [1.82, 2.24) is 9.21 Å². The number of amides is 1. The fourth-order valence-corrected chi connectivity index (χ4v) is 6.07. The summed E-state index contributed by atoms with van der Waals surface area (Å²) in [4.78, 5) is 16.3. The lowest BCUT2D eigenvalue weighted by molar-refractivity contribution is -0.142. The Balaban J connectivity index is 1.66. The van der Waals surface area contributed by atoms with E-state index in [9.17, 15) is 13.2 Å². The molecule has 1 amide bonds. The first-order chi connectivity index (χ1) is 10.9. The van der Waals surface area contributed by atoms with Gasteiger partial charge >= 0.3 is 0 Å². The number of hydrogen-bond donors (Lipinski definition) is 0. The molecule has 0 aromatic carbocycles. The van der Waals surface area contributed by atoms with Gasteiger partial charge in [-0.05, 0) is 32.8 Å². The van der Waals surface area contributed by atoms with E-state index in [2.05, 4.69) is 0 Å². The first-order valence-corrected chi connectivity index (χ1v) is 10.1. The summed E-state index contributed by atoms with van der Waals surface area (Å²) < 4.78 is 32.4. The molecule has 6 nitrogen and oxygen atoms in total. The molecule has 2 saturated heterocycles. The predicted molar refractivity (Wildman–Crippen MR) is 88.1 cm³/mol. The second-order valence-electron chi connectivity index (χ2n) is 6.01. The van der Waals surface area contributed by atoms with Crippen LogP contribution in [0.1, 0.15) is 22.6 Å². The van der Waals surface area contributed by atoms with Crippen molar-refractivity contribution in [1.29, 1.82) is 0 Å². The van der Waals surface area contributed by atoms with Gasteiger partial charge < -0.3 is 9.64 Å². The van der Waals surface area contributed by atoms with Gasteiger partial charge in [-0.15, -0.1) is 11.3 Å². The molecule has 0 saturated carbocycles. The van der Waals surface area contributed by atoms with Crippen molar-refractivity contribution >= 4 is 27.3 Å². The van der Waals surface area contributed by atoms with Crippen molar-refractivity contribution in [2.75, 3.05) is 32.8 Å². The Morgan fingerprint density at radius 1 is 1.26 bits per heavy atom. The fraction of sp³-hybridized carbons (Fsp3) is 0.667. The molecule has 1 atom stereocenters. The number of aryl methyl sites for hydroxylation is 2. The van der Waals surface area contributed by atoms with Gasteiger partial charge in [0.2, 0.25) is 10.0 Å². The number of carbonyl (C=O) groups excluding carboxylic acids is 1. The van der Waals surface area contributed by atoms with Gasteiger partial charge in [0, 0.05) is 42.5 Å². The van der Waals surface area contributed by atoms with E-state index in [0.717, 1.165) is 22.6 Å². The lowest BCUT2D eigenvalue weighted by atomic mass is 10.2. The van der Waals surface area contributed by atoms with Crippen molar-refractivity contribution in [2.24, 2.45) is 0 Å². The lowest BCUT2D eigenvalue weighted by Gasteiger charge is -2.35. The molecule has 128 valence electrons. The van der Waals surface area contributed by atoms with E-state index >= 15 is 0 Å². The van der Waals surface area contributed by atoms with E-state index in [1.807, 2.05) is 13.8 Å². The number of sulfonamides is 1. The molecule has 0 aliphatic carbocycles. The molecule has 1 aromatic rings. The van der Waals surface area contributed by atoms with Crippen LogP contribution in [-0.4, -0.2) is 62.4 Å². The van der Waals surface area contributed by atoms with Crippen LogP contribution in [0.15, 0.2) is 11.0 Å². The SMILES string of the molecule is Cc1cc(S(=O)(=O)N2CCN(C(=O)C3CCCO3)CC2)c(C)s1. The largest absolute Gasteiger partial charge is 0.368 e. The molecular weight excluding hydrogens is 336 g/mol. The Kier molecular flexibility index (Phi) is 4.78. The molecule has 2 aliphatic heterocycles. The predicted octanol–water partition coefficient (Wildman–Crippen LogP) is 1.38. The minimum atomic E-state index is -3.47. The Hall–Kier alpha value is -0.960. The van der Waals surface area contributed by atoms with Gasteiger partial charge in [0.1, 0.15) is 6.10 Å². The maximum Gasteiger partial charge on any atom is 0.251 e. The van der Waals surface area contributed by atoms with E-state index in [0.29, 0.717) is 37.7 Å². The summed E-state index contributed by atoms with van der Waals surface area (Å²) in [7, 11) is -3.47. The summed E-state index contributed by atoms with van der Waals surface area (Å²) in [5.41, 5.74) is 0. The molecule has 0 N–H and O–H groups in total. The summed E-state index contributed by atoms with van der Waals surface area (Å²) in [5, 5.41) is 0. The molecule has 2 aliphatic rings. The third kappa shape index (κ3) is 3.31. The van der Waals surface area contributed by atoms with Gasteiger partial charge in [0.05, 0.1) is 4.90 Å². The van der Waals surface area contributed by atoms with Crippen molar-refractivity contribution in [3.63, 3.8) is 0 Å². The zero-order valence-corrected chi connectivity index (χ0v) is 15.1. The molecule has 3 heterocycles. The van der Waals surface area contributed by atoms with E-state index in [1.165, 1.54) is 15.6 Å². The zero-order valence-electron chi connectivity index (χ0n) is 13.4. The molecule has 1 aromatic heterocycles. The highest BCUT2D eigenvalue weighted by Gasteiger charge is 2.34. The summed E-state index contributed by atoms with van der Waals surface area (Å²) in [6.45, 7) is 5.93. The number of ether oxygens (including phenoxy) is 1. The molecule has 0 bridgehead atoms. The molecule has 2 fully saturated rings. The van der Waals surface area contributed by atoms with E-state index in [4.69, 9.17) is 4.74 Å². The second kappa shape index (κ2) is 6.51. The number of rotatable bonds is 3. The van der Waals surface area contributed by atoms with Crippen LogP contribution in [0, 0.1) is 13.8 Å². The normalized spacial score (nSPS) is 23.4. The Bertz CT molecular complexity index is 684. The maximum absolute atomic E-state index is 12.8. The van der Waals surface area contributed by atoms with Crippen LogP contribution in [-0.2, 0) is 19.6 Å². The third-order valence-corrected chi connectivity index (χ3v) is 7.49. The number of hydrogen-bond acceptors (Lipinski definition) is 5. The standard InChI is InChI=1S/C15H22N2O4S2/c1-11-10-14(12(2)22-11)23(19,20)17-7-5-16(6-8-17)15(18)13-4-3-9-21-13/h10,13H,3-9H2,1-2H3. The number of carbonyl (C=O) groups is 1. The van der Waals surface area contributed by atoms with Crippen LogP contribution in [0.2, 0.25) is 0 Å². The van der Waals surface area contributed by atoms with Crippen LogP contribution in [0.25, 0.3) is 0 Å². The van der Waals surface area contributed by atoms with Crippen LogP contribution in [0.5, 0.6) is 0 Å². The molecule has 1 unspecified atom stereocenters. The first-order valence-electron chi connectivity index (χ1n) is 7.87. The Morgan fingerprint density at radius 2 is 1.96 bits per heavy atom. The summed E-state index contributed by atoms with van der Waals surface area (Å²) >= 11 is 1.50. The van der Waals surface area contributed by atoms with Crippen molar-refractivity contribution in [3.05, 3.63) is 15.8 Å². The topological polar surface area (TPSA) is 66.9 Å². The van der Waals surface area contributed by atoms with Gasteiger partial charge in [-0.25, -0.2) is 8.42 Å². The summed E-state index contributed by atoms with van der Waals surface area (Å²) in [6.07, 6.45) is 1.35. The second-order valence-corrected chi connectivity index (χ2v) is 9.38. The highest BCUT2D eigenvalue weighted by atomic mass is 32.2. The van der Waals surface area contributed by atoms with Gasteiger partial charge in [-0.3, -0.25) is 4.79 Å². The summed E-state index contributed by atoms with van der Waals surface area (Å²) in [5.74, 6) is 0.00195. The third-order valence-electron chi connectivity index (χ3n) is 4.37. The maximum atomic E-state index is 12.8. The lowest BCUT2D eigenvalue weighted by Crippen LogP contribution is -2.52. The van der Waals surface area contributed by atoms with Crippen LogP contribution in [0.4, 0.5) is 0 Å². The minimum Gasteiger partial charge on any atom is -0.368 e. The van der Waals surface area contributed by atoms with Crippen molar-refractivity contribution in [2.45, 2.75) is 37.7 Å². The molecule has 0 radical (unpaired) electrons. The minimum absolute atomic E-state index is 0.00195. The highest BCUT2D eigenvalue weighted by molar-refractivity contribution is 7.89. The molecule has 3 rings (SSSR count). The van der Waals surface area contributed by atoms with Gasteiger partial charge in [-0.1, -0.05) is 0 Å². The number of nitrogens with zero attached hydrogens (tertiary/aromatic N) is 2. The van der Waals surface area contributed by atoms with Crippen LogP contribution < -0.4 is 0 Å². The smallest absolute Gasteiger partial charge is 0.251 e. The zero-order chi connectivity index (χ0) is 16.6. The number of thiophene rings is 1. The van der Waals surface area contributed by atoms with Crippen molar-refractivity contribution in [3.8, 4) is 0 Å². The molecule has 0 spiro atoms. The number of piperazine rings is 1. The van der Waals surface area contributed by atoms with Gasteiger partial charge in [-0.2, -0.15) is 4.31 Å². The first kappa shape index (κ1) is 16.9. The quantitative estimate of drug-likeness (QED) is 0.819.